The lowest BCUT2D eigenvalue weighted by molar-refractivity contribution is 0.0944. The van der Waals surface area contributed by atoms with Gasteiger partial charge in [0, 0.05) is 37.9 Å². The van der Waals surface area contributed by atoms with Gasteiger partial charge in [-0.1, -0.05) is 30.3 Å². The third-order valence-corrected chi connectivity index (χ3v) is 5.37. The normalized spacial score (nSPS) is 20.7. The topological polar surface area (TPSA) is 58.1 Å². The maximum absolute atomic E-state index is 12.3. The first kappa shape index (κ1) is 17.2. The molecule has 5 nitrogen and oxygen atoms in total. The summed E-state index contributed by atoms with van der Waals surface area (Å²) in [6.45, 7) is 3.72. The fourth-order valence-corrected chi connectivity index (χ4v) is 3.69. The van der Waals surface area contributed by atoms with Crippen molar-refractivity contribution in [3.8, 4) is 0 Å². The van der Waals surface area contributed by atoms with Crippen LogP contribution in [-0.4, -0.2) is 47.0 Å². The number of hydrogen-bond donors (Lipinski definition) is 1. The molecule has 0 bridgehead atoms. The van der Waals surface area contributed by atoms with Crippen molar-refractivity contribution < 1.29 is 4.79 Å². The zero-order chi connectivity index (χ0) is 17.8. The fraction of sp³-hybridized carbons (Fsp3) is 0.476. The van der Waals surface area contributed by atoms with E-state index in [1.165, 1.54) is 31.2 Å². The largest absolute Gasteiger partial charge is 0.351 e. The summed E-state index contributed by atoms with van der Waals surface area (Å²) in [5.41, 5.74) is 1.98. The number of nitrogens with one attached hydrogen (secondary N) is 1. The Balaban J connectivity index is 1.24. The first-order chi connectivity index (χ1) is 12.8. The van der Waals surface area contributed by atoms with E-state index >= 15 is 0 Å². The van der Waals surface area contributed by atoms with Gasteiger partial charge < -0.3 is 10.2 Å². The Bertz CT molecular complexity index is 727. The van der Waals surface area contributed by atoms with Gasteiger partial charge in [-0.15, -0.1) is 0 Å². The van der Waals surface area contributed by atoms with Crippen LogP contribution in [-0.2, 0) is 0 Å². The maximum atomic E-state index is 12.3. The third kappa shape index (κ3) is 4.28. The lowest BCUT2D eigenvalue weighted by Gasteiger charge is -2.33. The molecule has 26 heavy (non-hydrogen) atoms. The van der Waals surface area contributed by atoms with Gasteiger partial charge in [-0.25, -0.2) is 9.97 Å². The molecule has 1 aromatic carbocycles. The van der Waals surface area contributed by atoms with Gasteiger partial charge in [0.15, 0.2) is 0 Å². The lowest BCUT2D eigenvalue weighted by atomic mass is 9.91. The number of rotatable bonds is 6. The zero-order valence-electron chi connectivity index (χ0n) is 15.1. The summed E-state index contributed by atoms with van der Waals surface area (Å²) in [6.07, 6.45) is 8.11. The highest BCUT2D eigenvalue weighted by Gasteiger charge is 2.26. The fourth-order valence-electron chi connectivity index (χ4n) is 3.69. The van der Waals surface area contributed by atoms with E-state index in [1.807, 2.05) is 0 Å². The molecule has 1 amide bonds. The first-order valence-electron chi connectivity index (χ1n) is 9.67. The van der Waals surface area contributed by atoms with Crippen molar-refractivity contribution in [2.24, 2.45) is 0 Å². The molecule has 1 saturated heterocycles. The predicted molar refractivity (Wildman–Crippen MR) is 101 cm³/mol. The Hall–Kier alpha value is -2.27. The SMILES string of the molecule is O=C(NCCN1CCC[C@@H](c2ccccc2)C1)c1cnc(C2CC2)nc1. The van der Waals surface area contributed by atoms with E-state index in [0.29, 0.717) is 23.9 Å². The molecular formula is C21H26N4O. The zero-order valence-corrected chi connectivity index (χ0v) is 15.1. The molecule has 0 unspecified atom stereocenters. The van der Waals surface area contributed by atoms with Gasteiger partial charge in [0.25, 0.3) is 5.91 Å². The third-order valence-electron chi connectivity index (χ3n) is 5.37. The van der Waals surface area contributed by atoms with E-state index in [2.05, 4.69) is 50.5 Å². The molecule has 5 heteroatoms. The van der Waals surface area contributed by atoms with E-state index in [-0.39, 0.29) is 5.91 Å². The quantitative estimate of drug-likeness (QED) is 0.870. The van der Waals surface area contributed by atoms with Crippen LogP contribution in [0.2, 0.25) is 0 Å². The highest BCUT2D eigenvalue weighted by Crippen LogP contribution is 2.37. The number of benzene rings is 1. The Morgan fingerprint density at radius 2 is 1.85 bits per heavy atom. The summed E-state index contributed by atoms with van der Waals surface area (Å²) in [4.78, 5) is 23.4. The average Bonchev–Trinajstić information content (AvgIpc) is 3.54. The number of piperidine rings is 1. The molecule has 2 fully saturated rings. The number of amides is 1. The molecule has 2 aliphatic rings. The predicted octanol–water partition coefficient (Wildman–Crippen LogP) is 2.96. The molecule has 2 aromatic rings. The van der Waals surface area contributed by atoms with Crippen molar-refractivity contribution >= 4 is 5.91 Å². The van der Waals surface area contributed by atoms with Crippen molar-refractivity contribution in [1.82, 2.24) is 20.2 Å². The maximum Gasteiger partial charge on any atom is 0.254 e. The average molecular weight is 350 g/mol. The van der Waals surface area contributed by atoms with Gasteiger partial charge in [0.1, 0.15) is 5.82 Å². The van der Waals surface area contributed by atoms with Crippen LogP contribution in [0.5, 0.6) is 0 Å². The first-order valence-corrected chi connectivity index (χ1v) is 9.67. The van der Waals surface area contributed by atoms with E-state index < -0.39 is 0 Å². The minimum Gasteiger partial charge on any atom is -0.351 e. The lowest BCUT2D eigenvalue weighted by Crippen LogP contribution is -2.40. The van der Waals surface area contributed by atoms with Crippen LogP contribution in [0.1, 0.15) is 59.3 Å². The highest BCUT2D eigenvalue weighted by atomic mass is 16.1. The molecule has 136 valence electrons. The summed E-state index contributed by atoms with van der Waals surface area (Å²) in [6, 6.07) is 10.7. The van der Waals surface area contributed by atoms with Gasteiger partial charge >= 0.3 is 0 Å². The molecule has 1 saturated carbocycles. The molecule has 1 aromatic heterocycles. The van der Waals surface area contributed by atoms with E-state index in [0.717, 1.165) is 25.5 Å². The molecule has 0 radical (unpaired) electrons. The molecule has 1 aliphatic heterocycles. The van der Waals surface area contributed by atoms with E-state index in [9.17, 15) is 4.79 Å². The van der Waals surface area contributed by atoms with Crippen molar-refractivity contribution in [3.05, 3.63) is 59.7 Å². The van der Waals surface area contributed by atoms with Crippen LogP contribution in [0.25, 0.3) is 0 Å². The van der Waals surface area contributed by atoms with Gasteiger partial charge in [-0.05, 0) is 43.7 Å². The van der Waals surface area contributed by atoms with Gasteiger partial charge in [-0.2, -0.15) is 0 Å². The Morgan fingerprint density at radius 3 is 2.58 bits per heavy atom. The minimum atomic E-state index is -0.0797. The number of aromatic nitrogens is 2. The summed E-state index contributed by atoms with van der Waals surface area (Å²) in [7, 11) is 0. The number of hydrogen-bond acceptors (Lipinski definition) is 4. The standard InChI is InChI=1S/C21H26N4O/c26-21(19-13-23-20(24-14-19)17-8-9-17)22-10-12-25-11-4-7-18(15-25)16-5-2-1-3-6-16/h1-3,5-6,13-14,17-18H,4,7-12,15H2,(H,22,26)/t18-/m1/s1. The Morgan fingerprint density at radius 1 is 1.08 bits per heavy atom. The highest BCUT2D eigenvalue weighted by molar-refractivity contribution is 5.93. The Labute approximate surface area is 154 Å². The number of carbonyl (C=O) groups is 1. The van der Waals surface area contributed by atoms with Crippen LogP contribution in [0.4, 0.5) is 0 Å². The van der Waals surface area contributed by atoms with Gasteiger partial charge in [0.05, 0.1) is 5.56 Å². The summed E-state index contributed by atoms with van der Waals surface area (Å²) in [5, 5.41) is 3.00. The van der Waals surface area contributed by atoms with Crippen molar-refractivity contribution in [2.75, 3.05) is 26.2 Å². The molecule has 0 spiro atoms. The van der Waals surface area contributed by atoms with E-state index in [4.69, 9.17) is 0 Å². The second kappa shape index (κ2) is 7.96. The number of carbonyl (C=O) groups excluding carboxylic acids is 1. The summed E-state index contributed by atoms with van der Waals surface area (Å²) >= 11 is 0. The van der Waals surface area contributed by atoms with Crippen LogP contribution >= 0.6 is 0 Å². The second-order valence-electron chi connectivity index (χ2n) is 7.41. The molecule has 1 N–H and O–H groups in total. The molecule has 2 heterocycles. The smallest absolute Gasteiger partial charge is 0.254 e. The van der Waals surface area contributed by atoms with Crippen LogP contribution in [0.15, 0.2) is 42.7 Å². The van der Waals surface area contributed by atoms with Crippen LogP contribution in [0, 0.1) is 0 Å². The molecular weight excluding hydrogens is 324 g/mol. The van der Waals surface area contributed by atoms with Crippen molar-refractivity contribution in [1.29, 1.82) is 0 Å². The van der Waals surface area contributed by atoms with E-state index in [1.54, 1.807) is 12.4 Å². The Kier molecular flexibility index (Phi) is 5.25. The van der Waals surface area contributed by atoms with Gasteiger partial charge in [0.2, 0.25) is 0 Å². The van der Waals surface area contributed by atoms with Crippen LogP contribution < -0.4 is 5.32 Å². The number of nitrogens with zero attached hydrogens (tertiary/aromatic N) is 3. The van der Waals surface area contributed by atoms with Crippen molar-refractivity contribution in [2.45, 2.75) is 37.5 Å². The monoisotopic (exact) mass is 350 g/mol. The van der Waals surface area contributed by atoms with Gasteiger partial charge in [-0.3, -0.25) is 4.79 Å². The molecule has 4 rings (SSSR count). The second-order valence-corrected chi connectivity index (χ2v) is 7.41. The summed E-state index contributed by atoms with van der Waals surface area (Å²) < 4.78 is 0. The van der Waals surface area contributed by atoms with Crippen LogP contribution in [0.3, 0.4) is 0 Å². The number of likely N-dealkylation sites (tertiary alicyclic amines) is 1. The minimum absolute atomic E-state index is 0.0797. The summed E-state index contributed by atoms with van der Waals surface area (Å²) in [5.74, 6) is 1.92. The molecule has 1 atom stereocenters. The molecule has 1 aliphatic carbocycles. The van der Waals surface area contributed by atoms with Crippen molar-refractivity contribution in [3.63, 3.8) is 0 Å².